The highest BCUT2D eigenvalue weighted by Gasteiger charge is 2.13. The van der Waals surface area contributed by atoms with Crippen molar-refractivity contribution in [2.75, 3.05) is 23.9 Å². The van der Waals surface area contributed by atoms with Crippen molar-refractivity contribution in [2.45, 2.75) is 12.5 Å². The standard InChI is InChI=1S/C12H16Cl2N2O2S/c1-19-7-8(5-6-17)15-12(18)16-10-4-2-3-9(13)11(10)14/h2-4,8,17H,5-7H2,1H3,(H2,15,16,18)/t8-/m0/s1. The number of halogens is 2. The van der Waals surface area contributed by atoms with Crippen LogP contribution in [0.4, 0.5) is 10.5 Å². The number of hydrogen-bond acceptors (Lipinski definition) is 3. The monoisotopic (exact) mass is 322 g/mol. The number of aliphatic hydroxyl groups is 1. The van der Waals surface area contributed by atoms with Crippen LogP contribution in [0, 0.1) is 0 Å². The molecule has 106 valence electrons. The molecular weight excluding hydrogens is 307 g/mol. The van der Waals surface area contributed by atoms with Gasteiger partial charge in [0.15, 0.2) is 0 Å². The van der Waals surface area contributed by atoms with Crippen LogP contribution >= 0.6 is 35.0 Å². The molecule has 0 aliphatic heterocycles. The first-order valence-corrected chi connectivity index (χ1v) is 7.84. The van der Waals surface area contributed by atoms with E-state index in [9.17, 15) is 4.79 Å². The lowest BCUT2D eigenvalue weighted by Gasteiger charge is -2.17. The molecule has 4 nitrogen and oxygen atoms in total. The minimum atomic E-state index is -0.364. The van der Waals surface area contributed by atoms with Crippen molar-refractivity contribution in [3.05, 3.63) is 28.2 Å². The van der Waals surface area contributed by atoms with Crippen LogP contribution in [-0.4, -0.2) is 35.8 Å². The summed E-state index contributed by atoms with van der Waals surface area (Å²) >= 11 is 13.4. The van der Waals surface area contributed by atoms with Gasteiger partial charge in [0.2, 0.25) is 0 Å². The summed E-state index contributed by atoms with van der Waals surface area (Å²) < 4.78 is 0. The molecule has 0 saturated heterocycles. The quantitative estimate of drug-likeness (QED) is 0.753. The lowest BCUT2D eigenvalue weighted by Crippen LogP contribution is -2.40. The summed E-state index contributed by atoms with van der Waals surface area (Å²) in [5, 5.41) is 15.0. The van der Waals surface area contributed by atoms with Gasteiger partial charge in [-0.05, 0) is 24.8 Å². The van der Waals surface area contributed by atoms with E-state index in [1.54, 1.807) is 30.0 Å². The average Bonchev–Trinajstić information content (AvgIpc) is 2.35. The molecule has 7 heteroatoms. The Labute approximate surface area is 126 Å². The number of amides is 2. The van der Waals surface area contributed by atoms with E-state index >= 15 is 0 Å². The van der Waals surface area contributed by atoms with E-state index in [-0.39, 0.29) is 18.7 Å². The van der Waals surface area contributed by atoms with E-state index in [0.717, 1.165) is 5.75 Å². The van der Waals surface area contributed by atoms with Crippen LogP contribution in [0.3, 0.4) is 0 Å². The lowest BCUT2D eigenvalue weighted by atomic mass is 10.2. The molecule has 0 aliphatic rings. The molecule has 1 atom stereocenters. The van der Waals surface area contributed by atoms with Crippen molar-refractivity contribution in [1.29, 1.82) is 0 Å². The molecule has 0 spiro atoms. The molecule has 0 fully saturated rings. The number of urea groups is 1. The Balaban J connectivity index is 2.61. The van der Waals surface area contributed by atoms with Crippen LogP contribution < -0.4 is 10.6 Å². The number of nitrogens with one attached hydrogen (secondary N) is 2. The third-order valence-electron chi connectivity index (χ3n) is 2.38. The van der Waals surface area contributed by atoms with Gasteiger partial charge in [-0.15, -0.1) is 0 Å². The second-order valence-corrected chi connectivity index (χ2v) is 5.56. The Morgan fingerprint density at radius 2 is 2.21 bits per heavy atom. The van der Waals surface area contributed by atoms with Crippen LogP contribution in [-0.2, 0) is 0 Å². The van der Waals surface area contributed by atoms with E-state index in [1.165, 1.54) is 0 Å². The molecule has 1 rings (SSSR count). The maximum Gasteiger partial charge on any atom is 0.319 e. The van der Waals surface area contributed by atoms with Crippen molar-refractivity contribution in [3.8, 4) is 0 Å². The number of aliphatic hydroxyl groups excluding tert-OH is 1. The van der Waals surface area contributed by atoms with Crippen LogP contribution in [0.1, 0.15) is 6.42 Å². The van der Waals surface area contributed by atoms with Crippen molar-refractivity contribution < 1.29 is 9.90 Å². The summed E-state index contributed by atoms with van der Waals surface area (Å²) in [7, 11) is 0. The van der Waals surface area contributed by atoms with E-state index in [0.29, 0.717) is 22.2 Å². The molecule has 3 N–H and O–H groups in total. The normalized spacial score (nSPS) is 12.0. The molecule has 1 aromatic rings. The largest absolute Gasteiger partial charge is 0.396 e. The van der Waals surface area contributed by atoms with E-state index in [1.807, 2.05) is 6.26 Å². The van der Waals surface area contributed by atoms with E-state index < -0.39 is 0 Å². The fraction of sp³-hybridized carbons (Fsp3) is 0.417. The van der Waals surface area contributed by atoms with Crippen LogP contribution in [0.25, 0.3) is 0 Å². The molecular formula is C12H16Cl2N2O2S. The van der Waals surface area contributed by atoms with Gasteiger partial charge in [-0.25, -0.2) is 4.79 Å². The van der Waals surface area contributed by atoms with Gasteiger partial charge in [0, 0.05) is 18.4 Å². The summed E-state index contributed by atoms with van der Waals surface area (Å²) in [5.74, 6) is 0.733. The molecule has 0 radical (unpaired) electrons. The fourth-order valence-corrected chi connectivity index (χ4v) is 2.50. The zero-order valence-electron chi connectivity index (χ0n) is 10.5. The van der Waals surface area contributed by atoms with Gasteiger partial charge in [-0.2, -0.15) is 11.8 Å². The predicted molar refractivity (Wildman–Crippen MR) is 82.5 cm³/mol. The molecule has 19 heavy (non-hydrogen) atoms. The number of carbonyl (C=O) groups is 1. The minimum absolute atomic E-state index is 0.0312. The van der Waals surface area contributed by atoms with Crippen LogP contribution in [0.5, 0.6) is 0 Å². The van der Waals surface area contributed by atoms with Gasteiger partial charge in [0.05, 0.1) is 15.7 Å². The highest BCUT2D eigenvalue weighted by Crippen LogP contribution is 2.29. The third-order valence-corrected chi connectivity index (χ3v) is 3.94. The molecule has 0 heterocycles. The van der Waals surface area contributed by atoms with Gasteiger partial charge in [0.25, 0.3) is 0 Å². The van der Waals surface area contributed by atoms with Gasteiger partial charge in [0.1, 0.15) is 0 Å². The Morgan fingerprint density at radius 1 is 1.47 bits per heavy atom. The first kappa shape index (κ1) is 16.4. The average molecular weight is 323 g/mol. The van der Waals surface area contributed by atoms with Crippen LogP contribution in [0.15, 0.2) is 18.2 Å². The third kappa shape index (κ3) is 5.48. The van der Waals surface area contributed by atoms with Crippen molar-refractivity contribution >= 4 is 46.7 Å². The van der Waals surface area contributed by atoms with Gasteiger partial charge >= 0.3 is 6.03 Å². The Bertz CT molecular complexity index is 426. The number of hydrogen-bond donors (Lipinski definition) is 3. The number of benzene rings is 1. The molecule has 0 saturated carbocycles. The van der Waals surface area contributed by atoms with Crippen molar-refractivity contribution in [2.24, 2.45) is 0 Å². The molecule has 0 aromatic heterocycles. The molecule has 0 aliphatic carbocycles. The smallest absolute Gasteiger partial charge is 0.319 e. The second kappa shape index (κ2) is 8.53. The SMILES string of the molecule is CSC[C@H](CCO)NC(=O)Nc1cccc(Cl)c1Cl. The van der Waals surface area contributed by atoms with E-state index in [4.69, 9.17) is 28.3 Å². The molecule has 0 unspecified atom stereocenters. The van der Waals surface area contributed by atoms with Gasteiger partial charge < -0.3 is 15.7 Å². The number of rotatable bonds is 6. The van der Waals surface area contributed by atoms with Crippen molar-refractivity contribution in [3.63, 3.8) is 0 Å². The zero-order valence-corrected chi connectivity index (χ0v) is 12.8. The Kier molecular flexibility index (Phi) is 7.38. The highest BCUT2D eigenvalue weighted by atomic mass is 35.5. The Hall–Kier alpha value is -0.620. The fourth-order valence-electron chi connectivity index (χ4n) is 1.50. The van der Waals surface area contributed by atoms with E-state index in [2.05, 4.69) is 10.6 Å². The Morgan fingerprint density at radius 3 is 2.84 bits per heavy atom. The van der Waals surface area contributed by atoms with Gasteiger partial charge in [-0.3, -0.25) is 0 Å². The summed E-state index contributed by atoms with van der Waals surface area (Å²) in [6.45, 7) is 0.0312. The second-order valence-electron chi connectivity index (χ2n) is 3.86. The maximum absolute atomic E-state index is 11.8. The minimum Gasteiger partial charge on any atom is -0.396 e. The van der Waals surface area contributed by atoms with Crippen LogP contribution in [0.2, 0.25) is 10.0 Å². The summed E-state index contributed by atoms with van der Waals surface area (Å²) in [4.78, 5) is 11.8. The predicted octanol–water partition coefficient (Wildman–Crippen LogP) is 3.23. The topological polar surface area (TPSA) is 61.4 Å². The maximum atomic E-state index is 11.8. The number of carbonyl (C=O) groups excluding carboxylic acids is 1. The zero-order chi connectivity index (χ0) is 14.3. The summed E-state index contributed by atoms with van der Waals surface area (Å²) in [6.07, 6.45) is 2.45. The highest BCUT2D eigenvalue weighted by molar-refractivity contribution is 7.98. The molecule has 0 bridgehead atoms. The van der Waals surface area contributed by atoms with Crippen molar-refractivity contribution in [1.82, 2.24) is 5.32 Å². The first-order chi connectivity index (χ1) is 9.08. The number of anilines is 1. The molecule has 1 aromatic carbocycles. The summed E-state index contributed by atoms with van der Waals surface area (Å²) in [5.41, 5.74) is 0.457. The molecule has 2 amide bonds. The summed E-state index contributed by atoms with van der Waals surface area (Å²) in [6, 6.07) is 4.57. The van der Waals surface area contributed by atoms with Gasteiger partial charge in [-0.1, -0.05) is 29.3 Å². The first-order valence-electron chi connectivity index (χ1n) is 5.69. The lowest BCUT2D eigenvalue weighted by molar-refractivity contribution is 0.241. The number of thioether (sulfide) groups is 1.